The predicted molar refractivity (Wildman–Crippen MR) is 140 cm³/mol. The molecule has 4 nitrogen and oxygen atoms in total. The summed E-state index contributed by atoms with van der Waals surface area (Å²) < 4.78 is 0. The zero-order chi connectivity index (χ0) is 24.2. The second-order valence-corrected chi connectivity index (χ2v) is 9.66. The van der Waals surface area contributed by atoms with Crippen molar-refractivity contribution in [3.63, 3.8) is 0 Å². The number of unbranched alkanes of at least 4 members (excludes halogenated alkanes) is 13. The number of carbonyl (C=O) groups excluding carboxylic acids is 1. The van der Waals surface area contributed by atoms with Crippen molar-refractivity contribution in [3.05, 3.63) is 35.4 Å². The molecule has 3 N–H and O–H groups in total. The fraction of sp³-hybridized carbons (Fsp3) is 0.759. The molecule has 4 heteroatoms. The van der Waals surface area contributed by atoms with E-state index in [1.54, 1.807) is 0 Å². The minimum atomic E-state index is -0.713. The van der Waals surface area contributed by atoms with Crippen molar-refractivity contribution in [3.8, 4) is 0 Å². The smallest absolute Gasteiger partial charge is 0.251 e. The number of aliphatic hydroxyl groups excluding tert-OH is 2. The van der Waals surface area contributed by atoms with Crippen LogP contribution in [0.25, 0.3) is 0 Å². The number of aryl methyl sites for hydroxylation is 1. The van der Waals surface area contributed by atoms with Crippen LogP contribution in [0.1, 0.15) is 133 Å². The molecule has 0 radical (unpaired) electrons. The van der Waals surface area contributed by atoms with E-state index in [0.717, 1.165) is 19.3 Å². The maximum absolute atomic E-state index is 12.6. The highest BCUT2D eigenvalue weighted by Crippen LogP contribution is 2.14. The molecule has 0 saturated heterocycles. The van der Waals surface area contributed by atoms with Crippen LogP contribution in [0, 0.1) is 0 Å². The predicted octanol–water partition coefficient (Wildman–Crippen LogP) is 6.96. The number of nitrogens with one attached hydrogen (secondary N) is 1. The Morgan fingerprint density at radius 1 is 0.758 bits per heavy atom. The summed E-state index contributed by atoms with van der Waals surface area (Å²) in [7, 11) is 0. The number of carbonyl (C=O) groups is 1. The molecule has 0 fully saturated rings. The lowest BCUT2D eigenvalue weighted by Crippen LogP contribution is -2.45. The standard InChI is InChI=1S/C29H51NO3/c1-3-5-7-9-10-11-12-13-15-17-19-28(32)27(24-31)30-29(33)26-22-20-25(21-23-26)18-16-14-8-6-4-2/h20-23,27-28,31-32H,3-19,24H2,1-2H3,(H,30,33)/t27-,28?/m0/s1. The van der Waals surface area contributed by atoms with E-state index in [0.29, 0.717) is 12.0 Å². The Kier molecular flexibility index (Phi) is 18.0. The van der Waals surface area contributed by atoms with Crippen LogP contribution in [-0.2, 0) is 6.42 Å². The van der Waals surface area contributed by atoms with Gasteiger partial charge in [0, 0.05) is 5.56 Å². The van der Waals surface area contributed by atoms with Crippen molar-refractivity contribution in [2.75, 3.05) is 6.61 Å². The highest BCUT2D eigenvalue weighted by Gasteiger charge is 2.20. The highest BCUT2D eigenvalue weighted by atomic mass is 16.3. The van der Waals surface area contributed by atoms with Gasteiger partial charge in [-0.2, -0.15) is 0 Å². The van der Waals surface area contributed by atoms with Crippen LogP contribution in [-0.4, -0.2) is 34.9 Å². The van der Waals surface area contributed by atoms with Crippen LogP contribution in [0.4, 0.5) is 0 Å². The van der Waals surface area contributed by atoms with Crippen LogP contribution in [0.2, 0.25) is 0 Å². The third-order valence-corrected chi connectivity index (χ3v) is 6.62. The molecular weight excluding hydrogens is 410 g/mol. The van der Waals surface area contributed by atoms with Crippen molar-refractivity contribution in [2.24, 2.45) is 0 Å². The summed E-state index contributed by atoms with van der Waals surface area (Å²) in [5.41, 5.74) is 1.83. The van der Waals surface area contributed by atoms with E-state index in [9.17, 15) is 15.0 Å². The zero-order valence-corrected chi connectivity index (χ0v) is 21.5. The Balaban J connectivity index is 2.24. The molecule has 0 aliphatic heterocycles. The summed E-state index contributed by atoms with van der Waals surface area (Å²) in [6.07, 6.45) is 19.7. The van der Waals surface area contributed by atoms with Crippen molar-refractivity contribution < 1.29 is 15.0 Å². The Morgan fingerprint density at radius 2 is 1.24 bits per heavy atom. The van der Waals surface area contributed by atoms with Gasteiger partial charge < -0.3 is 15.5 Å². The first kappa shape index (κ1) is 29.6. The first-order valence-electron chi connectivity index (χ1n) is 13.8. The summed E-state index contributed by atoms with van der Waals surface area (Å²) in [6.45, 7) is 4.22. The molecule has 190 valence electrons. The van der Waals surface area contributed by atoms with Crippen molar-refractivity contribution in [1.82, 2.24) is 5.32 Å². The summed E-state index contributed by atoms with van der Waals surface area (Å²) in [4.78, 5) is 12.6. The van der Waals surface area contributed by atoms with Crippen molar-refractivity contribution in [2.45, 2.75) is 135 Å². The summed E-state index contributed by atoms with van der Waals surface area (Å²) >= 11 is 0. The van der Waals surface area contributed by atoms with E-state index in [4.69, 9.17) is 0 Å². The van der Waals surface area contributed by atoms with Gasteiger partial charge in [-0.05, 0) is 37.0 Å². The molecule has 0 spiro atoms. The molecule has 1 unspecified atom stereocenters. The molecule has 0 heterocycles. The number of hydrogen-bond donors (Lipinski definition) is 3. The van der Waals surface area contributed by atoms with Crippen LogP contribution < -0.4 is 5.32 Å². The lowest BCUT2D eigenvalue weighted by Gasteiger charge is -2.22. The molecule has 1 rings (SSSR count). The molecule has 1 amide bonds. The van der Waals surface area contributed by atoms with E-state index in [1.165, 1.54) is 89.0 Å². The van der Waals surface area contributed by atoms with Gasteiger partial charge in [0.05, 0.1) is 18.8 Å². The Hall–Kier alpha value is -1.39. The minimum Gasteiger partial charge on any atom is -0.394 e. The third-order valence-electron chi connectivity index (χ3n) is 6.62. The Bertz CT molecular complexity index is 587. The molecule has 0 saturated carbocycles. The van der Waals surface area contributed by atoms with E-state index in [2.05, 4.69) is 19.2 Å². The summed E-state index contributed by atoms with van der Waals surface area (Å²) in [6, 6.07) is 7.11. The van der Waals surface area contributed by atoms with E-state index < -0.39 is 12.1 Å². The van der Waals surface area contributed by atoms with Gasteiger partial charge in [-0.1, -0.05) is 116 Å². The largest absolute Gasteiger partial charge is 0.394 e. The monoisotopic (exact) mass is 461 g/mol. The van der Waals surface area contributed by atoms with Crippen molar-refractivity contribution in [1.29, 1.82) is 0 Å². The quantitative estimate of drug-likeness (QED) is 0.173. The van der Waals surface area contributed by atoms with Crippen LogP contribution >= 0.6 is 0 Å². The van der Waals surface area contributed by atoms with E-state index in [-0.39, 0.29) is 12.5 Å². The SMILES string of the molecule is CCCCCCCCCCCCC(O)[C@H](CO)NC(=O)c1ccc(CCCCCCC)cc1. The maximum atomic E-state index is 12.6. The Morgan fingerprint density at radius 3 is 1.76 bits per heavy atom. The van der Waals surface area contributed by atoms with Crippen molar-refractivity contribution >= 4 is 5.91 Å². The second kappa shape index (κ2) is 20.0. The van der Waals surface area contributed by atoms with Crippen LogP contribution in [0.15, 0.2) is 24.3 Å². The van der Waals surface area contributed by atoms with Gasteiger partial charge in [-0.25, -0.2) is 0 Å². The fourth-order valence-corrected chi connectivity index (χ4v) is 4.31. The normalized spacial score (nSPS) is 13.1. The maximum Gasteiger partial charge on any atom is 0.251 e. The number of hydrogen-bond acceptors (Lipinski definition) is 3. The molecule has 2 atom stereocenters. The lowest BCUT2D eigenvalue weighted by atomic mass is 10.0. The van der Waals surface area contributed by atoms with Gasteiger partial charge in [-0.3, -0.25) is 4.79 Å². The molecule has 0 aromatic heterocycles. The first-order chi connectivity index (χ1) is 16.1. The highest BCUT2D eigenvalue weighted by molar-refractivity contribution is 5.94. The molecule has 1 aromatic carbocycles. The molecule has 1 aromatic rings. The topological polar surface area (TPSA) is 69.6 Å². The number of amides is 1. The molecule has 0 aliphatic carbocycles. The van der Waals surface area contributed by atoms with Gasteiger partial charge in [0.15, 0.2) is 0 Å². The molecular formula is C29H51NO3. The van der Waals surface area contributed by atoms with Gasteiger partial charge in [0.2, 0.25) is 0 Å². The summed E-state index contributed by atoms with van der Waals surface area (Å²) in [5.74, 6) is -0.231. The molecule has 0 bridgehead atoms. The molecule has 33 heavy (non-hydrogen) atoms. The van der Waals surface area contributed by atoms with Crippen LogP contribution in [0.5, 0.6) is 0 Å². The third kappa shape index (κ3) is 14.5. The van der Waals surface area contributed by atoms with Crippen LogP contribution in [0.3, 0.4) is 0 Å². The lowest BCUT2D eigenvalue weighted by molar-refractivity contribution is 0.0661. The van der Waals surface area contributed by atoms with E-state index >= 15 is 0 Å². The fourth-order valence-electron chi connectivity index (χ4n) is 4.31. The van der Waals surface area contributed by atoms with Gasteiger partial charge in [0.25, 0.3) is 5.91 Å². The van der Waals surface area contributed by atoms with Gasteiger partial charge in [0.1, 0.15) is 0 Å². The average molecular weight is 462 g/mol. The number of aliphatic hydroxyl groups is 2. The minimum absolute atomic E-state index is 0.231. The molecule has 0 aliphatic rings. The summed E-state index contributed by atoms with van der Waals surface area (Å²) in [5, 5.41) is 23.0. The number of benzene rings is 1. The second-order valence-electron chi connectivity index (χ2n) is 9.66. The zero-order valence-electron chi connectivity index (χ0n) is 21.5. The number of rotatable bonds is 21. The first-order valence-corrected chi connectivity index (χ1v) is 13.8. The van der Waals surface area contributed by atoms with Gasteiger partial charge in [-0.15, -0.1) is 0 Å². The van der Waals surface area contributed by atoms with E-state index in [1.807, 2.05) is 24.3 Å². The Labute approximate surface area is 203 Å². The average Bonchev–Trinajstić information content (AvgIpc) is 2.83. The van der Waals surface area contributed by atoms with Gasteiger partial charge >= 0.3 is 0 Å².